The minimum Gasteiger partial charge on any atom is -0.497 e. The van der Waals surface area contributed by atoms with Gasteiger partial charge in [-0.2, -0.15) is 0 Å². The molecule has 3 heteroatoms. The van der Waals surface area contributed by atoms with Crippen LogP contribution >= 0.6 is 0 Å². The van der Waals surface area contributed by atoms with Gasteiger partial charge in [0, 0.05) is 0 Å². The lowest BCUT2D eigenvalue weighted by Gasteiger charge is -2.47. The Kier molecular flexibility index (Phi) is 3.88. The van der Waals surface area contributed by atoms with Crippen LogP contribution in [0, 0.1) is 0 Å². The van der Waals surface area contributed by atoms with Crippen molar-refractivity contribution in [3.63, 3.8) is 0 Å². The first kappa shape index (κ1) is 14.3. The average Bonchev–Trinajstić information content (AvgIpc) is 2.32. The van der Waals surface area contributed by atoms with Crippen molar-refractivity contribution in [2.75, 3.05) is 7.11 Å². The molecule has 1 saturated carbocycles. The molecule has 0 atom stereocenters. The first-order valence-corrected chi connectivity index (χ1v) is 10.3. The zero-order valence-corrected chi connectivity index (χ0v) is 13.5. The van der Waals surface area contributed by atoms with Crippen LogP contribution in [0.1, 0.15) is 24.8 Å². The minimum absolute atomic E-state index is 0.112. The van der Waals surface area contributed by atoms with Gasteiger partial charge in [-0.1, -0.05) is 18.7 Å². The number of ether oxygens (including phenoxy) is 1. The van der Waals surface area contributed by atoms with Crippen LogP contribution in [0.3, 0.4) is 0 Å². The normalized spacial score (nSPS) is 17.7. The van der Waals surface area contributed by atoms with Crippen LogP contribution < -0.4 is 4.74 Å². The molecule has 1 fully saturated rings. The summed E-state index contributed by atoms with van der Waals surface area (Å²) in [7, 11) is 0.125. The fraction of sp³-hybridized carbons (Fsp3) is 0.500. The summed E-state index contributed by atoms with van der Waals surface area (Å²) in [6.45, 7) is 11.0. The van der Waals surface area contributed by atoms with Gasteiger partial charge in [0.15, 0.2) is 8.32 Å². The standard InChI is InChI=1S/C16H24O2Si/c1-13(14-7-9-15(17-2)10-8-14)16(11-6-12-16)18-19(3,4)5/h7-10H,1,6,11-12H2,2-5H3. The minimum atomic E-state index is -1.56. The first-order valence-electron chi connectivity index (χ1n) is 6.90. The monoisotopic (exact) mass is 276 g/mol. The predicted molar refractivity (Wildman–Crippen MR) is 83.0 cm³/mol. The average molecular weight is 276 g/mol. The SMILES string of the molecule is C=C(c1ccc(OC)cc1)C1(O[Si](C)(C)C)CCC1. The van der Waals surface area contributed by atoms with Crippen molar-refractivity contribution >= 4 is 13.9 Å². The van der Waals surface area contributed by atoms with E-state index in [0.29, 0.717) is 0 Å². The first-order chi connectivity index (χ1) is 8.86. The van der Waals surface area contributed by atoms with Crippen LogP contribution in [0.4, 0.5) is 0 Å². The van der Waals surface area contributed by atoms with E-state index in [4.69, 9.17) is 9.16 Å². The van der Waals surface area contributed by atoms with E-state index in [1.165, 1.54) is 12.0 Å². The third kappa shape index (κ3) is 3.10. The molecule has 2 nitrogen and oxygen atoms in total. The highest BCUT2D eigenvalue weighted by molar-refractivity contribution is 6.69. The topological polar surface area (TPSA) is 18.5 Å². The van der Waals surface area contributed by atoms with E-state index in [2.05, 4.69) is 38.4 Å². The number of hydrogen-bond acceptors (Lipinski definition) is 2. The van der Waals surface area contributed by atoms with Crippen molar-refractivity contribution in [3.8, 4) is 5.75 Å². The molecular weight excluding hydrogens is 252 g/mol. The summed E-state index contributed by atoms with van der Waals surface area (Å²) in [6, 6.07) is 8.13. The van der Waals surface area contributed by atoms with Crippen molar-refractivity contribution in [3.05, 3.63) is 36.4 Å². The Labute approximate surface area is 117 Å². The highest BCUT2D eigenvalue weighted by Crippen LogP contribution is 2.47. The number of methoxy groups -OCH3 is 1. The maximum Gasteiger partial charge on any atom is 0.184 e. The van der Waals surface area contributed by atoms with Gasteiger partial charge in [-0.3, -0.25) is 0 Å². The van der Waals surface area contributed by atoms with Crippen LogP contribution in [-0.2, 0) is 4.43 Å². The van der Waals surface area contributed by atoms with Gasteiger partial charge in [-0.05, 0) is 62.2 Å². The maximum atomic E-state index is 6.44. The second-order valence-electron chi connectivity index (χ2n) is 6.27. The Hall–Kier alpha value is -1.06. The van der Waals surface area contributed by atoms with Crippen LogP contribution in [-0.4, -0.2) is 21.0 Å². The van der Waals surface area contributed by atoms with Crippen molar-refractivity contribution < 1.29 is 9.16 Å². The van der Waals surface area contributed by atoms with E-state index in [-0.39, 0.29) is 5.60 Å². The molecule has 0 saturated heterocycles. The molecule has 1 aromatic carbocycles. The van der Waals surface area contributed by atoms with E-state index >= 15 is 0 Å². The summed E-state index contributed by atoms with van der Waals surface area (Å²) < 4.78 is 11.6. The smallest absolute Gasteiger partial charge is 0.184 e. The molecule has 0 aromatic heterocycles. The van der Waals surface area contributed by atoms with Crippen LogP contribution in [0.2, 0.25) is 19.6 Å². The Morgan fingerprint density at radius 1 is 1.16 bits per heavy atom. The van der Waals surface area contributed by atoms with E-state index in [1.807, 2.05) is 12.1 Å². The number of benzene rings is 1. The van der Waals surface area contributed by atoms with E-state index < -0.39 is 8.32 Å². The summed E-state index contributed by atoms with van der Waals surface area (Å²) in [5.41, 5.74) is 2.18. The zero-order valence-electron chi connectivity index (χ0n) is 12.5. The molecule has 0 heterocycles. The Morgan fingerprint density at radius 3 is 2.11 bits per heavy atom. The zero-order chi connectivity index (χ0) is 14.1. The van der Waals surface area contributed by atoms with Gasteiger partial charge < -0.3 is 9.16 Å². The third-order valence-corrected chi connectivity index (χ3v) is 4.65. The van der Waals surface area contributed by atoms with Crippen LogP contribution in [0.25, 0.3) is 5.57 Å². The van der Waals surface area contributed by atoms with E-state index in [1.54, 1.807) is 7.11 Å². The lowest BCUT2D eigenvalue weighted by molar-refractivity contribution is 0.0432. The molecule has 2 rings (SSSR count). The van der Waals surface area contributed by atoms with Gasteiger partial charge in [0.05, 0.1) is 12.7 Å². The van der Waals surface area contributed by atoms with Gasteiger partial charge in [0.25, 0.3) is 0 Å². The van der Waals surface area contributed by atoms with Crippen LogP contribution in [0.5, 0.6) is 5.75 Å². The molecule has 0 aliphatic heterocycles. The number of rotatable bonds is 5. The lowest BCUT2D eigenvalue weighted by Crippen LogP contribution is -2.48. The molecule has 0 bridgehead atoms. The molecule has 1 aromatic rings. The van der Waals surface area contributed by atoms with Gasteiger partial charge in [-0.25, -0.2) is 0 Å². The highest BCUT2D eigenvalue weighted by Gasteiger charge is 2.44. The van der Waals surface area contributed by atoms with Crippen LogP contribution in [0.15, 0.2) is 30.8 Å². The molecule has 0 radical (unpaired) electrons. The molecule has 19 heavy (non-hydrogen) atoms. The Bertz CT molecular complexity index is 453. The summed E-state index contributed by atoms with van der Waals surface area (Å²) >= 11 is 0. The van der Waals surface area contributed by atoms with Crippen molar-refractivity contribution in [1.29, 1.82) is 0 Å². The molecule has 0 spiro atoms. The third-order valence-electron chi connectivity index (χ3n) is 3.65. The fourth-order valence-corrected chi connectivity index (χ4v) is 4.10. The van der Waals surface area contributed by atoms with Gasteiger partial charge in [0.1, 0.15) is 5.75 Å². The van der Waals surface area contributed by atoms with Gasteiger partial charge in [-0.15, -0.1) is 0 Å². The molecule has 1 aliphatic rings. The number of hydrogen-bond donors (Lipinski definition) is 0. The van der Waals surface area contributed by atoms with E-state index in [9.17, 15) is 0 Å². The largest absolute Gasteiger partial charge is 0.497 e. The summed E-state index contributed by atoms with van der Waals surface area (Å²) in [5.74, 6) is 0.880. The van der Waals surface area contributed by atoms with Gasteiger partial charge >= 0.3 is 0 Å². The summed E-state index contributed by atoms with van der Waals surface area (Å²) in [5, 5.41) is 0. The molecule has 0 unspecified atom stereocenters. The van der Waals surface area contributed by atoms with Crippen molar-refractivity contribution in [2.45, 2.75) is 44.5 Å². The van der Waals surface area contributed by atoms with Crippen molar-refractivity contribution in [2.24, 2.45) is 0 Å². The van der Waals surface area contributed by atoms with Gasteiger partial charge in [0.2, 0.25) is 0 Å². The fourth-order valence-electron chi connectivity index (χ4n) is 2.60. The quantitative estimate of drug-likeness (QED) is 0.738. The molecular formula is C16H24O2Si. The lowest BCUT2D eigenvalue weighted by atomic mass is 9.73. The predicted octanol–water partition coefficient (Wildman–Crippen LogP) is 4.48. The van der Waals surface area contributed by atoms with Crippen molar-refractivity contribution in [1.82, 2.24) is 0 Å². The molecule has 0 amide bonds. The van der Waals surface area contributed by atoms with E-state index in [0.717, 1.165) is 24.2 Å². The maximum absolute atomic E-state index is 6.44. The summed E-state index contributed by atoms with van der Waals surface area (Å²) in [4.78, 5) is 0. The second-order valence-corrected chi connectivity index (χ2v) is 10.7. The highest BCUT2D eigenvalue weighted by atomic mass is 28.4. The molecule has 104 valence electrons. The molecule has 1 aliphatic carbocycles. The molecule has 0 N–H and O–H groups in total. The Morgan fingerprint density at radius 2 is 1.74 bits per heavy atom. The Balaban J connectivity index is 2.20. The summed E-state index contributed by atoms with van der Waals surface area (Å²) in [6.07, 6.45) is 3.43. The second kappa shape index (κ2) is 5.14.